The second-order valence-corrected chi connectivity index (χ2v) is 4.05. The molecular weight excluding hydrogens is 192 g/mol. The van der Waals surface area contributed by atoms with Crippen molar-refractivity contribution < 1.29 is 9.59 Å². The number of hydrogen-bond acceptors (Lipinski definition) is 2. The second kappa shape index (κ2) is 6.43. The molecule has 0 aliphatic heterocycles. The van der Waals surface area contributed by atoms with E-state index in [9.17, 15) is 9.59 Å². The molecule has 86 valence electrons. The van der Waals surface area contributed by atoms with Crippen LogP contribution >= 0.6 is 0 Å². The van der Waals surface area contributed by atoms with Crippen LogP contribution in [0.15, 0.2) is 0 Å². The molecule has 0 atom stereocenters. The Hall–Kier alpha value is -1.06. The van der Waals surface area contributed by atoms with Crippen LogP contribution in [-0.4, -0.2) is 24.9 Å². The Kier molecular flexibility index (Phi) is 5.15. The van der Waals surface area contributed by atoms with Crippen LogP contribution in [0.3, 0.4) is 0 Å². The first kappa shape index (κ1) is 12.0. The SMILES string of the molecule is CCNC(=O)C(=O)NCCC1CCCC1. The van der Waals surface area contributed by atoms with Gasteiger partial charge >= 0.3 is 11.8 Å². The molecule has 1 saturated carbocycles. The lowest BCUT2D eigenvalue weighted by Crippen LogP contribution is -2.40. The molecule has 0 aromatic rings. The summed E-state index contributed by atoms with van der Waals surface area (Å²) in [5.41, 5.74) is 0. The Morgan fingerprint density at radius 2 is 1.73 bits per heavy atom. The highest BCUT2D eigenvalue weighted by molar-refractivity contribution is 6.35. The summed E-state index contributed by atoms with van der Waals surface area (Å²) >= 11 is 0. The van der Waals surface area contributed by atoms with Crippen molar-refractivity contribution in [2.75, 3.05) is 13.1 Å². The normalized spacial score (nSPS) is 16.3. The Bertz CT molecular complexity index is 223. The minimum absolute atomic E-state index is 0.495. The van der Waals surface area contributed by atoms with Gasteiger partial charge in [-0.05, 0) is 19.3 Å². The molecule has 2 amide bonds. The van der Waals surface area contributed by atoms with E-state index in [0.29, 0.717) is 13.1 Å². The van der Waals surface area contributed by atoms with Crippen molar-refractivity contribution in [1.29, 1.82) is 0 Å². The fourth-order valence-corrected chi connectivity index (χ4v) is 2.01. The van der Waals surface area contributed by atoms with E-state index < -0.39 is 11.8 Å². The third-order valence-electron chi connectivity index (χ3n) is 2.86. The van der Waals surface area contributed by atoms with Crippen LogP contribution in [0.5, 0.6) is 0 Å². The summed E-state index contributed by atoms with van der Waals surface area (Å²) in [6.45, 7) is 2.92. The van der Waals surface area contributed by atoms with Gasteiger partial charge < -0.3 is 10.6 Å². The summed E-state index contributed by atoms with van der Waals surface area (Å²) < 4.78 is 0. The summed E-state index contributed by atoms with van der Waals surface area (Å²) in [5.74, 6) is -0.279. The van der Waals surface area contributed by atoms with Crippen LogP contribution in [0.2, 0.25) is 0 Å². The lowest BCUT2D eigenvalue weighted by Gasteiger charge is -2.09. The molecule has 1 aliphatic rings. The maximum absolute atomic E-state index is 11.2. The van der Waals surface area contributed by atoms with E-state index in [0.717, 1.165) is 12.3 Å². The predicted octanol–water partition coefficient (Wildman–Crippen LogP) is 0.819. The number of carbonyl (C=O) groups is 2. The maximum Gasteiger partial charge on any atom is 0.309 e. The Morgan fingerprint density at radius 3 is 2.33 bits per heavy atom. The Labute approximate surface area is 90.8 Å². The van der Waals surface area contributed by atoms with E-state index >= 15 is 0 Å². The summed E-state index contributed by atoms with van der Waals surface area (Å²) in [4.78, 5) is 22.2. The first-order chi connectivity index (χ1) is 7.24. The molecule has 0 heterocycles. The molecule has 0 unspecified atom stereocenters. The van der Waals surface area contributed by atoms with Gasteiger partial charge in [-0.2, -0.15) is 0 Å². The number of amides is 2. The number of rotatable bonds is 4. The molecule has 1 fully saturated rings. The molecule has 0 saturated heterocycles. The van der Waals surface area contributed by atoms with Gasteiger partial charge in [0.1, 0.15) is 0 Å². The molecule has 15 heavy (non-hydrogen) atoms. The highest BCUT2D eigenvalue weighted by atomic mass is 16.2. The summed E-state index contributed by atoms with van der Waals surface area (Å²) in [6.07, 6.45) is 6.18. The number of likely N-dealkylation sites (N-methyl/N-ethyl adjacent to an activating group) is 1. The molecule has 2 N–H and O–H groups in total. The first-order valence-electron chi connectivity index (χ1n) is 5.80. The monoisotopic (exact) mass is 212 g/mol. The largest absolute Gasteiger partial charge is 0.348 e. The molecule has 4 nitrogen and oxygen atoms in total. The van der Waals surface area contributed by atoms with Gasteiger partial charge in [-0.15, -0.1) is 0 Å². The number of carbonyl (C=O) groups excluding carboxylic acids is 2. The quantitative estimate of drug-likeness (QED) is 0.678. The Morgan fingerprint density at radius 1 is 1.13 bits per heavy atom. The fourth-order valence-electron chi connectivity index (χ4n) is 2.01. The zero-order chi connectivity index (χ0) is 11.1. The number of hydrogen-bond donors (Lipinski definition) is 2. The molecular formula is C11H20N2O2. The molecule has 0 aromatic carbocycles. The van der Waals surface area contributed by atoms with Crippen LogP contribution < -0.4 is 10.6 Å². The smallest absolute Gasteiger partial charge is 0.309 e. The molecule has 0 bridgehead atoms. The van der Waals surface area contributed by atoms with Gasteiger partial charge in [-0.3, -0.25) is 9.59 Å². The van der Waals surface area contributed by atoms with Crippen molar-refractivity contribution in [3.8, 4) is 0 Å². The highest BCUT2D eigenvalue weighted by Crippen LogP contribution is 2.26. The van der Waals surface area contributed by atoms with E-state index in [2.05, 4.69) is 10.6 Å². The average molecular weight is 212 g/mol. The van der Waals surface area contributed by atoms with Gasteiger partial charge in [-0.1, -0.05) is 25.7 Å². The van der Waals surface area contributed by atoms with Crippen molar-refractivity contribution in [3.05, 3.63) is 0 Å². The molecule has 0 spiro atoms. The third kappa shape index (κ3) is 4.32. The van der Waals surface area contributed by atoms with E-state index in [1.54, 1.807) is 6.92 Å². The third-order valence-corrected chi connectivity index (χ3v) is 2.86. The van der Waals surface area contributed by atoms with Crippen molar-refractivity contribution in [2.45, 2.75) is 39.0 Å². The lowest BCUT2D eigenvalue weighted by atomic mass is 10.0. The van der Waals surface area contributed by atoms with Gasteiger partial charge in [0.25, 0.3) is 0 Å². The number of nitrogens with one attached hydrogen (secondary N) is 2. The standard InChI is InChI=1S/C11H20N2O2/c1-2-12-10(14)11(15)13-8-7-9-5-3-4-6-9/h9H,2-8H2,1H3,(H,12,14)(H,13,15). The zero-order valence-corrected chi connectivity index (χ0v) is 9.34. The molecule has 4 heteroatoms. The van der Waals surface area contributed by atoms with Crippen molar-refractivity contribution in [3.63, 3.8) is 0 Å². The Balaban J connectivity index is 2.08. The van der Waals surface area contributed by atoms with E-state index in [1.807, 2.05) is 0 Å². The van der Waals surface area contributed by atoms with Crippen molar-refractivity contribution in [1.82, 2.24) is 10.6 Å². The van der Waals surface area contributed by atoms with Crippen LogP contribution in [0.25, 0.3) is 0 Å². The van der Waals surface area contributed by atoms with E-state index in [1.165, 1.54) is 25.7 Å². The van der Waals surface area contributed by atoms with Crippen molar-refractivity contribution >= 4 is 11.8 Å². The molecule has 0 radical (unpaired) electrons. The predicted molar refractivity (Wildman–Crippen MR) is 58.3 cm³/mol. The van der Waals surface area contributed by atoms with E-state index in [-0.39, 0.29) is 0 Å². The van der Waals surface area contributed by atoms with Gasteiger partial charge in [0.2, 0.25) is 0 Å². The van der Waals surface area contributed by atoms with Crippen LogP contribution in [0.4, 0.5) is 0 Å². The summed E-state index contributed by atoms with van der Waals surface area (Å²) in [6, 6.07) is 0. The molecule has 0 aromatic heterocycles. The van der Waals surface area contributed by atoms with Gasteiger partial charge in [0.05, 0.1) is 0 Å². The maximum atomic E-state index is 11.2. The second-order valence-electron chi connectivity index (χ2n) is 4.05. The summed E-state index contributed by atoms with van der Waals surface area (Å²) in [7, 11) is 0. The van der Waals surface area contributed by atoms with Gasteiger partial charge in [0.15, 0.2) is 0 Å². The summed E-state index contributed by atoms with van der Waals surface area (Å²) in [5, 5.41) is 5.12. The zero-order valence-electron chi connectivity index (χ0n) is 9.34. The van der Waals surface area contributed by atoms with Crippen molar-refractivity contribution in [2.24, 2.45) is 5.92 Å². The van der Waals surface area contributed by atoms with Gasteiger partial charge in [-0.25, -0.2) is 0 Å². The lowest BCUT2D eigenvalue weighted by molar-refractivity contribution is -0.139. The van der Waals surface area contributed by atoms with Crippen LogP contribution in [0, 0.1) is 5.92 Å². The topological polar surface area (TPSA) is 58.2 Å². The molecule has 1 aliphatic carbocycles. The average Bonchev–Trinajstić information content (AvgIpc) is 2.71. The van der Waals surface area contributed by atoms with Gasteiger partial charge in [0, 0.05) is 13.1 Å². The minimum atomic E-state index is -0.524. The fraction of sp³-hybridized carbons (Fsp3) is 0.818. The van der Waals surface area contributed by atoms with Crippen LogP contribution in [0.1, 0.15) is 39.0 Å². The van der Waals surface area contributed by atoms with E-state index in [4.69, 9.17) is 0 Å². The highest BCUT2D eigenvalue weighted by Gasteiger charge is 2.16. The first-order valence-corrected chi connectivity index (χ1v) is 5.80. The van der Waals surface area contributed by atoms with Crippen LogP contribution in [-0.2, 0) is 9.59 Å². The minimum Gasteiger partial charge on any atom is -0.348 e. The molecule has 1 rings (SSSR count).